The predicted molar refractivity (Wildman–Crippen MR) is 62.2 cm³/mol. The van der Waals surface area contributed by atoms with Gasteiger partial charge >= 0.3 is 12.1 Å². The molecule has 0 spiro atoms. The molecule has 0 saturated heterocycles. The number of halogens is 3. The first-order valence-corrected chi connectivity index (χ1v) is 6.67. The van der Waals surface area contributed by atoms with Crippen LogP contribution in [0.3, 0.4) is 0 Å². The summed E-state index contributed by atoms with van der Waals surface area (Å²) in [5, 5.41) is 6.54. The summed E-state index contributed by atoms with van der Waals surface area (Å²) in [5.41, 5.74) is 9.11. The van der Waals surface area contributed by atoms with E-state index in [4.69, 9.17) is 16.6 Å². The smallest absolute Gasteiger partial charge is 0.416 e. The molecular weight excluding hydrogens is 301 g/mol. The van der Waals surface area contributed by atoms with Gasteiger partial charge in [-0.15, -0.1) is 0 Å². The molecule has 0 aliphatic carbocycles. The minimum absolute atomic E-state index is 0.379. The van der Waals surface area contributed by atoms with Crippen LogP contribution in [0.15, 0.2) is 29.2 Å². The monoisotopic (exact) mass is 312 g/mol. The van der Waals surface area contributed by atoms with Crippen molar-refractivity contribution in [2.75, 3.05) is 0 Å². The Bertz CT molecular complexity index is 615. The number of carboxylic acids is 1. The zero-order valence-electron chi connectivity index (χ0n) is 9.83. The number of alkyl halides is 3. The molecule has 0 radical (unpaired) electrons. The fourth-order valence-electron chi connectivity index (χ4n) is 1.34. The van der Waals surface area contributed by atoms with E-state index in [1.165, 1.54) is 0 Å². The molecule has 0 saturated carbocycles. The van der Waals surface area contributed by atoms with Gasteiger partial charge in [-0.2, -0.15) is 13.2 Å². The molecule has 0 aliphatic heterocycles. The summed E-state index contributed by atoms with van der Waals surface area (Å²) in [6.07, 6.45) is -4.73. The van der Waals surface area contributed by atoms with E-state index < -0.39 is 43.9 Å². The van der Waals surface area contributed by atoms with Gasteiger partial charge in [-0.1, -0.05) is 6.07 Å². The molecule has 112 valence electrons. The van der Waals surface area contributed by atoms with Crippen molar-refractivity contribution >= 4 is 15.8 Å². The Morgan fingerprint density at radius 2 is 1.80 bits per heavy atom. The van der Waals surface area contributed by atoms with Crippen LogP contribution in [0.25, 0.3) is 0 Å². The minimum atomic E-state index is -4.73. The van der Waals surface area contributed by atoms with Gasteiger partial charge in [0.05, 0.1) is 10.5 Å². The topological polar surface area (TPSA) is 123 Å². The van der Waals surface area contributed by atoms with Gasteiger partial charge in [0.15, 0.2) is 9.84 Å². The molecule has 1 rings (SSSR count). The summed E-state index contributed by atoms with van der Waals surface area (Å²) in [4.78, 5) is 9.86. The lowest BCUT2D eigenvalue weighted by Crippen LogP contribution is -2.51. The lowest BCUT2D eigenvalue weighted by Gasteiger charge is -2.17. The number of carboxylic acid groups (broad SMARTS) is 1. The molecule has 5 N–H and O–H groups in total. The zero-order chi connectivity index (χ0) is 15.7. The summed E-state index contributed by atoms with van der Waals surface area (Å²) < 4.78 is 61.3. The molecule has 1 aromatic rings. The largest absolute Gasteiger partial charge is 0.480 e. The summed E-state index contributed by atoms with van der Waals surface area (Å²) in [6.45, 7) is 0. The molecule has 0 amide bonds. The van der Waals surface area contributed by atoms with Crippen LogP contribution in [0, 0.1) is 0 Å². The van der Waals surface area contributed by atoms with E-state index in [2.05, 4.69) is 0 Å². The first kappa shape index (κ1) is 16.4. The van der Waals surface area contributed by atoms with E-state index in [1.54, 1.807) is 0 Å². The molecule has 0 bridgehead atoms. The maximum atomic E-state index is 12.5. The van der Waals surface area contributed by atoms with Gasteiger partial charge in [0.2, 0.25) is 0 Å². The Morgan fingerprint density at radius 3 is 2.25 bits per heavy atom. The molecule has 0 aromatic heterocycles. The fourth-order valence-corrected chi connectivity index (χ4v) is 2.72. The van der Waals surface area contributed by atoms with Crippen LogP contribution in [0.4, 0.5) is 13.2 Å². The van der Waals surface area contributed by atoms with Crippen molar-refractivity contribution in [2.45, 2.75) is 22.5 Å². The van der Waals surface area contributed by atoms with Crippen LogP contribution in [0.5, 0.6) is 0 Å². The van der Waals surface area contributed by atoms with E-state index in [0.717, 1.165) is 12.1 Å². The molecule has 2 atom stereocenters. The Kier molecular flexibility index (Phi) is 4.42. The van der Waals surface area contributed by atoms with Crippen LogP contribution < -0.4 is 11.5 Å². The highest BCUT2D eigenvalue weighted by molar-refractivity contribution is 7.92. The molecule has 6 nitrogen and oxygen atoms in total. The average molecular weight is 312 g/mol. The van der Waals surface area contributed by atoms with Crippen molar-refractivity contribution in [2.24, 2.45) is 11.5 Å². The summed E-state index contributed by atoms with van der Waals surface area (Å²) in [7, 11) is -4.49. The first-order valence-electron chi connectivity index (χ1n) is 5.13. The van der Waals surface area contributed by atoms with Crippen molar-refractivity contribution < 1.29 is 31.5 Å². The molecule has 10 heteroatoms. The van der Waals surface area contributed by atoms with Crippen LogP contribution in [0.2, 0.25) is 0 Å². The van der Waals surface area contributed by atoms with E-state index in [0.29, 0.717) is 12.1 Å². The number of nitrogens with two attached hydrogens (primary N) is 2. The second-order valence-electron chi connectivity index (χ2n) is 3.90. The third-order valence-corrected chi connectivity index (χ3v) is 4.41. The normalized spacial score (nSPS) is 15.7. The number of hydrogen-bond acceptors (Lipinski definition) is 5. The highest BCUT2D eigenvalue weighted by Crippen LogP contribution is 2.31. The summed E-state index contributed by atoms with van der Waals surface area (Å²) >= 11 is 0. The Hall–Kier alpha value is -1.65. The van der Waals surface area contributed by atoms with Gasteiger partial charge in [-0.25, -0.2) is 8.42 Å². The molecule has 0 heterocycles. The number of rotatable bonds is 4. The lowest BCUT2D eigenvalue weighted by molar-refractivity contribution is -0.139. The SMILES string of the molecule is NC(C(=O)O)C(N)S(=O)(=O)c1cccc(C(F)(F)F)c1. The first-order chi connectivity index (χ1) is 8.98. The van der Waals surface area contributed by atoms with E-state index >= 15 is 0 Å². The van der Waals surface area contributed by atoms with Gasteiger partial charge < -0.3 is 16.6 Å². The van der Waals surface area contributed by atoms with Gasteiger partial charge in [-0.3, -0.25) is 4.79 Å². The highest BCUT2D eigenvalue weighted by Gasteiger charge is 2.36. The van der Waals surface area contributed by atoms with E-state index in [9.17, 15) is 26.4 Å². The number of hydrogen-bond donors (Lipinski definition) is 3. The standard InChI is InChI=1S/C10H11F3N2O4S/c11-10(12,13)5-2-1-3-6(4-5)20(18,19)8(15)7(14)9(16)17/h1-4,7-8H,14-15H2,(H,16,17). The maximum absolute atomic E-state index is 12.5. The maximum Gasteiger partial charge on any atom is 0.416 e. The summed E-state index contributed by atoms with van der Waals surface area (Å²) in [5.74, 6) is -1.67. The molecule has 2 unspecified atom stereocenters. The zero-order valence-corrected chi connectivity index (χ0v) is 10.6. The number of carbonyl (C=O) groups is 1. The van der Waals surface area contributed by atoms with Gasteiger partial charge in [0, 0.05) is 0 Å². The Labute approximate surface area is 112 Å². The molecular formula is C10H11F3N2O4S. The number of sulfone groups is 1. The van der Waals surface area contributed by atoms with Gasteiger partial charge in [0.1, 0.15) is 11.4 Å². The third-order valence-electron chi connectivity index (χ3n) is 2.49. The highest BCUT2D eigenvalue weighted by atomic mass is 32.2. The Morgan fingerprint density at radius 1 is 1.25 bits per heavy atom. The second-order valence-corrected chi connectivity index (χ2v) is 6.00. The molecule has 0 aliphatic rings. The number of aliphatic carboxylic acids is 1. The van der Waals surface area contributed by atoms with Crippen LogP contribution in [-0.2, 0) is 20.8 Å². The van der Waals surface area contributed by atoms with Gasteiger partial charge in [0.25, 0.3) is 0 Å². The average Bonchev–Trinajstić information content (AvgIpc) is 2.35. The van der Waals surface area contributed by atoms with Crippen LogP contribution in [-0.4, -0.2) is 30.9 Å². The van der Waals surface area contributed by atoms with Crippen molar-refractivity contribution in [3.63, 3.8) is 0 Å². The molecule has 0 fully saturated rings. The second kappa shape index (κ2) is 5.38. The van der Waals surface area contributed by atoms with Crippen molar-refractivity contribution in [3.8, 4) is 0 Å². The van der Waals surface area contributed by atoms with Crippen molar-refractivity contribution in [3.05, 3.63) is 29.8 Å². The lowest BCUT2D eigenvalue weighted by atomic mass is 10.2. The van der Waals surface area contributed by atoms with Crippen molar-refractivity contribution in [1.29, 1.82) is 0 Å². The van der Waals surface area contributed by atoms with Crippen molar-refractivity contribution in [1.82, 2.24) is 0 Å². The van der Waals surface area contributed by atoms with E-state index in [1.807, 2.05) is 0 Å². The third kappa shape index (κ3) is 3.26. The van der Waals surface area contributed by atoms with Gasteiger partial charge in [-0.05, 0) is 18.2 Å². The number of benzene rings is 1. The molecule has 1 aromatic carbocycles. The minimum Gasteiger partial charge on any atom is -0.480 e. The fraction of sp³-hybridized carbons (Fsp3) is 0.300. The van der Waals surface area contributed by atoms with E-state index in [-0.39, 0.29) is 0 Å². The van der Waals surface area contributed by atoms with Crippen LogP contribution in [0.1, 0.15) is 5.56 Å². The quantitative estimate of drug-likeness (QED) is 0.728. The summed E-state index contributed by atoms with van der Waals surface area (Å²) in [6, 6.07) is 0.883. The Balaban J connectivity index is 3.27. The van der Waals surface area contributed by atoms with Crippen LogP contribution >= 0.6 is 0 Å². The predicted octanol–water partition coefficient (Wildman–Crippen LogP) is 0.176. The molecule has 20 heavy (non-hydrogen) atoms.